The average molecular weight is 339 g/mol. The summed E-state index contributed by atoms with van der Waals surface area (Å²) in [6, 6.07) is 5.95. The predicted octanol–water partition coefficient (Wildman–Crippen LogP) is 5.06. The van der Waals surface area contributed by atoms with Crippen molar-refractivity contribution in [2.75, 3.05) is 19.5 Å². The molecule has 20 heavy (non-hydrogen) atoms. The van der Waals surface area contributed by atoms with Crippen LogP contribution in [0.2, 0.25) is 0 Å². The predicted molar refractivity (Wildman–Crippen MR) is 87.9 cm³/mol. The van der Waals surface area contributed by atoms with E-state index in [1.807, 2.05) is 18.2 Å². The van der Waals surface area contributed by atoms with E-state index in [-0.39, 0.29) is 0 Å². The molecular weight excluding hydrogens is 316 g/mol. The Bertz CT molecular complexity index is 462. The highest BCUT2D eigenvalue weighted by Gasteiger charge is 2.17. The molecule has 1 aromatic rings. The maximum atomic E-state index is 5.46. The Morgan fingerprint density at radius 2 is 1.95 bits per heavy atom. The molecule has 3 heteroatoms. The molecule has 0 spiro atoms. The van der Waals surface area contributed by atoms with Crippen LogP contribution in [0.1, 0.15) is 37.7 Å². The molecule has 0 aromatic heterocycles. The maximum Gasteiger partial charge on any atom is 0.126 e. The Morgan fingerprint density at radius 1 is 1.20 bits per heavy atom. The summed E-state index contributed by atoms with van der Waals surface area (Å²) in [7, 11) is 3.41. The van der Waals surface area contributed by atoms with Crippen LogP contribution >= 0.6 is 15.9 Å². The van der Waals surface area contributed by atoms with Crippen molar-refractivity contribution in [3.63, 3.8) is 0 Å². The van der Waals surface area contributed by atoms with Crippen LogP contribution in [0.15, 0.2) is 23.8 Å². The van der Waals surface area contributed by atoms with Gasteiger partial charge in [0.25, 0.3) is 0 Å². The molecule has 0 N–H and O–H groups in total. The second-order valence-corrected chi connectivity index (χ2v) is 5.86. The molecule has 0 heterocycles. The number of hydrogen-bond donors (Lipinski definition) is 0. The molecule has 1 fully saturated rings. The number of rotatable bonds is 5. The zero-order valence-electron chi connectivity index (χ0n) is 12.3. The van der Waals surface area contributed by atoms with Crippen molar-refractivity contribution in [1.29, 1.82) is 0 Å². The minimum absolute atomic E-state index is 0.707. The number of methoxy groups -OCH3 is 2. The smallest absolute Gasteiger partial charge is 0.126 e. The largest absolute Gasteiger partial charge is 0.497 e. The van der Waals surface area contributed by atoms with Crippen LogP contribution in [0, 0.1) is 5.92 Å². The topological polar surface area (TPSA) is 18.5 Å². The van der Waals surface area contributed by atoms with E-state index in [0.29, 0.717) is 5.92 Å². The van der Waals surface area contributed by atoms with Gasteiger partial charge in [0.15, 0.2) is 0 Å². The fourth-order valence-corrected chi connectivity index (χ4v) is 3.51. The van der Waals surface area contributed by atoms with Crippen molar-refractivity contribution in [1.82, 2.24) is 0 Å². The summed E-state index contributed by atoms with van der Waals surface area (Å²) in [5, 5.41) is 0.929. The molecule has 0 amide bonds. The third kappa shape index (κ3) is 3.78. The first kappa shape index (κ1) is 15.4. The van der Waals surface area contributed by atoms with Gasteiger partial charge in [0.1, 0.15) is 11.5 Å². The average Bonchev–Trinajstić information content (AvgIpc) is 2.53. The highest BCUT2D eigenvalue weighted by atomic mass is 79.9. The molecule has 0 radical (unpaired) electrons. The molecule has 0 saturated heterocycles. The normalized spacial score (nSPS) is 17.1. The van der Waals surface area contributed by atoms with Gasteiger partial charge in [0, 0.05) is 10.9 Å². The van der Waals surface area contributed by atoms with Crippen molar-refractivity contribution in [2.45, 2.75) is 32.1 Å². The summed E-state index contributed by atoms with van der Waals surface area (Å²) >= 11 is 3.65. The lowest BCUT2D eigenvalue weighted by molar-refractivity contribution is 0.400. The summed E-state index contributed by atoms with van der Waals surface area (Å²) in [5.41, 5.74) is 2.57. The Kier molecular flexibility index (Phi) is 5.96. The quantitative estimate of drug-likeness (QED) is 0.698. The van der Waals surface area contributed by atoms with Crippen LogP contribution in [0.25, 0.3) is 6.08 Å². The van der Waals surface area contributed by atoms with E-state index in [1.165, 1.54) is 37.7 Å². The van der Waals surface area contributed by atoms with Gasteiger partial charge in [0.05, 0.1) is 14.2 Å². The minimum atomic E-state index is 0.707. The molecular formula is C17H23BrO2. The molecule has 1 saturated carbocycles. The molecule has 1 aliphatic carbocycles. The van der Waals surface area contributed by atoms with Crippen LogP contribution in [0.4, 0.5) is 0 Å². The zero-order chi connectivity index (χ0) is 14.4. The minimum Gasteiger partial charge on any atom is -0.497 e. The lowest BCUT2D eigenvalue weighted by atomic mass is 9.83. The van der Waals surface area contributed by atoms with E-state index in [9.17, 15) is 0 Å². The summed E-state index contributed by atoms with van der Waals surface area (Å²) in [6.45, 7) is 0. The van der Waals surface area contributed by atoms with E-state index in [4.69, 9.17) is 9.47 Å². The van der Waals surface area contributed by atoms with Gasteiger partial charge in [-0.3, -0.25) is 0 Å². The Morgan fingerprint density at radius 3 is 2.55 bits per heavy atom. The third-order valence-electron chi connectivity index (χ3n) is 4.06. The van der Waals surface area contributed by atoms with E-state index >= 15 is 0 Å². The van der Waals surface area contributed by atoms with Crippen LogP contribution in [0.5, 0.6) is 11.5 Å². The second kappa shape index (κ2) is 7.72. The second-order valence-electron chi connectivity index (χ2n) is 5.30. The highest BCUT2D eigenvalue weighted by molar-refractivity contribution is 9.09. The Labute approximate surface area is 130 Å². The molecule has 0 bridgehead atoms. The van der Waals surface area contributed by atoms with Crippen molar-refractivity contribution in [3.8, 4) is 11.5 Å². The fourth-order valence-electron chi connectivity index (χ4n) is 2.89. The van der Waals surface area contributed by atoms with E-state index in [1.54, 1.807) is 14.2 Å². The highest BCUT2D eigenvalue weighted by Crippen LogP contribution is 2.34. The number of hydrogen-bond acceptors (Lipinski definition) is 2. The van der Waals surface area contributed by atoms with Crippen molar-refractivity contribution in [2.24, 2.45) is 5.92 Å². The molecule has 1 aliphatic rings. The molecule has 110 valence electrons. The maximum absolute atomic E-state index is 5.46. The molecule has 0 aliphatic heterocycles. The van der Waals surface area contributed by atoms with E-state index < -0.39 is 0 Å². The molecule has 2 nitrogen and oxygen atoms in total. The van der Waals surface area contributed by atoms with E-state index in [2.05, 4.69) is 22.0 Å². The van der Waals surface area contributed by atoms with E-state index in [0.717, 1.165) is 22.4 Å². The summed E-state index contributed by atoms with van der Waals surface area (Å²) < 4.78 is 10.8. The summed E-state index contributed by atoms with van der Waals surface area (Å²) in [6.07, 6.45) is 8.97. The van der Waals surface area contributed by atoms with Crippen molar-refractivity contribution < 1.29 is 9.47 Å². The van der Waals surface area contributed by atoms with Crippen LogP contribution < -0.4 is 9.47 Å². The van der Waals surface area contributed by atoms with Crippen LogP contribution in [-0.4, -0.2) is 19.5 Å². The number of allylic oxidation sites excluding steroid dienone is 1. The van der Waals surface area contributed by atoms with Gasteiger partial charge in [-0.25, -0.2) is 0 Å². The third-order valence-corrected chi connectivity index (χ3v) is 4.71. The Balaban J connectivity index is 2.29. The first-order valence-electron chi connectivity index (χ1n) is 7.27. The van der Waals surface area contributed by atoms with Gasteiger partial charge in [-0.15, -0.1) is 0 Å². The lowest BCUT2D eigenvalue weighted by Gasteiger charge is -2.24. The summed E-state index contributed by atoms with van der Waals surface area (Å²) in [4.78, 5) is 0. The molecule has 2 rings (SSSR count). The lowest BCUT2D eigenvalue weighted by Crippen LogP contribution is -2.10. The molecule has 0 atom stereocenters. The monoisotopic (exact) mass is 338 g/mol. The number of alkyl halides is 1. The van der Waals surface area contributed by atoms with Gasteiger partial charge >= 0.3 is 0 Å². The van der Waals surface area contributed by atoms with Gasteiger partial charge in [-0.1, -0.05) is 46.8 Å². The number of halogens is 1. The standard InChI is InChI=1S/C17H23BrO2/c1-19-16-8-9-17(20-2)14(11-16)10-15(12-18)13-6-4-3-5-7-13/h8-11,13H,3-7,12H2,1-2H3/b15-10-. The van der Waals surface area contributed by atoms with Crippen LogP contribution in [0.3, 0.4) is 0 Å². The van der Waals surface area contributed by atoms with Gasteiger partial charge in [-0.2, -0.15) is 0 Å². The van der Waals surface area contributed by atoms with Gasteiger partial charge < -0.3 is 9.47 Å². The number of ether oxygens (including phenoxy) is 2. The van der Waals surface area contributed by atoms with Gasteiger partial charge in [0.2, 0.25) is 0 Å². The molecule has 1 aromatic carbocycles. The Hall–Kier alpha value is -0.960. The first-order chi connectivity index (χ1) is 9.78. The van der Waals surface area contributed by atoms with Crippen molar-refractivity contribution in [3.05, 3.63) is 29.3 Å². The van der Waals surface area contributed by atoms with Gasteiger partial charge in [-0.05, 0) is 37.0 Å². The van der Waals surface area contributed by atoms with Crippen molar-refractivity contribution >= 4 is 22.0 Å². The summed E-state index contributed by atoms with van der Waals surface area (Å²) in [5.74, 6) is 2.48. The first-order valence-corrected chi connectivity index (χ1v) is 8.39. The molecule has 0 unspecified atom stereocenters. The fraction of sp³-hybridized carbons (Fsp3) is 0.529. The SMILES string of the molecule is COc1ccc(OC)c(/C=C(/CBr)C2CCCCC2)c1. The zero-order valence-corrected chi connectivity index (χ0v) is 13.9. The van der Waals surface area contributed by atoms with Crippen LogP contribution in [-0.2, 0) is 0 Å². The number of benzene rings is 1.